The molecule has 0 bridgehead atoms. The summed E-state index contributed by atoms with van der Waals surface area (Å²) in [6.45, 7) is 5.39. The van der Waals surface area contributed by atoms with Crippen LogP contribution in [-0.4, -0.2) is 15.6 Å². The van der Waals surface area contributed by atoms with Crippen LogP contribution in [0.25, 0.3) is 0 Å². The lowest BCUT2D eigenvalue weighted by molar-refractivity contribution is 0.337. The molecule has 0 spiro atoms. The van der Waals surface area contributed by atoms with Gasteiger partial charge in [-0.25, -0.2) is 0 Å². The second-order valence-corrected chi connectivity index (χ2v) is 5.89. The Morgan fingerprint density at radius 3 is 2.50 bits per heavy atom. The van der Waals surface area contributed by atoms with E-state index in [1.54, 1.807) is 0 Å². The zero-order valence-electron chi connectivity index (χ0n) is 7.10. The van der Waals surface area contributed by atoms with Crippen molar-refractivity contribution in [3.63, 3.8) is 0 Å². The molecule has 0 amide bonds. The molecule has 0 aliphatic heterocycles. The first-order valence-corrected chi connectivity index (χ1v) is 6.75. The molecule has 1 atom stereocenters. The standard InChI is InChI=1S/C8H18OSi/c1-3-9-10(2)8-6-4-5-7-8/h8,10H,3-7H2,1-2H3. The van der Waals surface area contributed by atoms with E-state index in [9.17, 15) is 0 Å². The van der Waals surface area contributed by atoms with Crippen molar-refractivity contribution < 1.29 is 4.43 Å². The molecule has 0 radical (unpaired) electrons. The van der Waals surface area contributed by atoms with Crippen molar-refractivity contribution in [2.45, 2.75) is 44.7 Å². The Kier molecular flexibility index (Phi) is 3.42. The van der Waals surface area contributed by atoms with Crippen LogP contribution in [0.4, 0.5) is 0 Å². The summed E-state index contributed by atoms with van der Waals surface area (Å²) in [5.74, 6) is 0. The third-order valence-electron chi connectivity index (χ3n) is 2.49. The molecule has 0 aromatic heterocycles. The van der Waals surface area contributed by atoms with E-state index in [1.807, 2.05) is 0 Å². The molecule has 2 heteroatoms. The van der Waals surface area contributed by atoms with Crippen LogP contribution in [0.15, 0.2) is 0 Å². The highest BCUT2D eigenvalue weighted by molar-refractivity contribution is 6.52. The summed E-state index contributed by atoms with van der Waals surface area (Å²) in [4.78, 5) is 0. The Morgan fingerprint density at radius 2 is 2.00 bits per heavy atom. The van der Waals surface area contributed by atoms with E-state index >= 15 is 0 Å². The average Bonchev–Trinajstić information content (AvgIpc) is 2.38. The van der Waals surface area contributed by atoms with Gasteiger partial charge in [-0.05, 0) is 19.0 Å². The highest BCUT2D eigenvalue weighted by atomic mass is 28.3. The van der Waals surface area contributed by atoms with Gasteiger partial charge in [0.05, 0.1) is 0 Å². The lowest BCUT2D eigenvalue weighted by atomic mass is 10.4. The Labute approximate surface area is 65.5 Å². The normalized spacial score (nSPS) is 23.4. The van der Waals surface area contributed by atoms with Crippen LogP contribution in [0.5, 0.6) is 0 Å². The summed E-state index contributed by atoms with van der Waals surface area (Å²) in [7, 11) is -0.755. The Balaban J connectivity index is 2.18. The van der Waals surface area contributed by atoms with Gasteiger partial charge >= 0.3 is 0 Å². The summed E-state index contributed by atoms with van der Waals surface area (Å²) < 4.78 is 5.66. The monoisotopic (exact) mass is 158 g/mol. The fourth-order valence-electron chi connectivity index (χ4n) is 1.83. The summed E-state index contributed by atoms with van der Waals surface area (Å²) in [6, 6.07) is 0. The molecule has 0 aromatic rings. The second kappa shape index (κ2) is 4.14. The van der Waals surface area contributed by atoms with Gasteiger partial charge in [-0.15, -0.1) is 0 Å². The van der Waals surface area contributed by atoms with Gasteiger partial charge in [0.2, 0.25) is 0 Å². The molecule has 1 unspecified atom stereocenters. The van der Waals surface area contributed by atoms with Crippen LogP contribution in [0, 0.1) is 0 Å². The van der Waals surface area contributed by atoms with Crippen LogP contribution in [0.2, 0.25) is 12.1 Å². The topological polar surface area (TPSA) is 9.23 Å². The maximum absolute atomic E-state index is 5.66. The van der Waals surface area contributed by atoms with Crippen LogP contribution in [-0.2, 0) is 4.43 Å². The number of hydrogen-bond acceptors (Lipinski definition) is 1. The summed E-state index contributed by atoms with van der Waals surface area (Å²) in [5.41, 5.74) is 1.000. The molecule has 1 nitrogen and oxygen atoms in total. The Bertz CT molecular complexity index is 89.3. The molecule has 0 saturated heterocycles. The van der Waals surface area contributed by atoms with E-state index < -0.39 is 9.04 Å². The zero-order valence-corrected chi connectivity index (χ0v) is 8.25. The molecule has 60 valence electrons. The lowest BCUT2D eigenvalue weighted by Gasteiger charge is -2.16. The van der Waals surface area contributed by atoms with Crippen molar-refractivity contribution in [1.82, 2.24) is 0 Å². The van der Waals surface area contributed by atoms with Crippen molar-refractivity contribution in [2.24, 2.45) is 0 Å². The van der Waals surface area contributed by atoms with Gasteiger partial charge in [0.25, 0.3) is 0 Å². The summed E-state index contributed by atoms with van der Waals surface area (Å²) in [5, 5.41) is 0. The first-order chi connectivity index (χ1) is 4.84. The third kappa shape index (κ3) is 2.10. The van der Waals surface area contributed by atoms with Crippen molar-refractivity contribution >= 4 is 9.04 Å². The molecular formula is C8H18OSi. The molecule has 0 heterocycles. The predicted molar refractivity (Wildman–Crippen MR) is 46.9 cm³/mol. The molecule has 0 aromatic carbocycles. The quantitative estimate of drug-likeness (QED) is 0.573. The van der Waals surface area contributed by atoms with E-state index in [0.29, 0.717) is 0 Å². The van der Waals surface area contributed by atoms with Crippen molar-refractivity contribution in [1.29, 1.82) is 0 Å². The van der Waals surface area contributed by atoms with E-state index in [4.69, 9.17) is 4.43 Å². The van der Waals surface area contributed by atoms with E-state index in [-0.39, 0.29) is 0 Å². The second-order valence-electron chi connectivity index (χ2n) is 3.20. The summed E-state index contributed by atoms with van der Waals surface area (Å²) >= 11 is 0. The van der Waals surface area contributed by atoms with Crippen molar-refractivity contribution in [2.75, 3.05) is 6.61 Å². The minimum absolute atomic E-state index is 0.755. The summed E-state index contributed by atoms with van der Waals surface area (Å²) in [6.07, 6.45) is 5.81. The molecule has 1 aliphatic carbocycles. The SMILES string of the molecule is CCO[SiH](C)C1CCCC1. The third-order valence-corrected chi connectivity index (χ3v) is 5.35. The van der Waals surface area contributed by atoms with Crippen LogP contribution in [0.1, 0.15) is 32.6 Å². The van der Waals surface area contributed by atoms with E-state index in [2.05, 4.69) is 13.5 Å². The van der Waals surface area contributed by atoms with Gasteiger partial charge in [0.1, 0.15) is 0 Å². The minimum Gasteiger partial charge on any atom is -0.420 e. The zero-order chi connectivity index (χ0) is 7.40. The van der Waals surface area contributed by atoms with Crippen LogP contribution < -0.4 is 0 Å². The van der Waals surface area contributed by atoms with Crippen molar-refractivity contribution in [3.8, 4) is 0 Å². The largest absolute Gasteiger partial charge is 0.420 e. The highest BCUT2D eigenvalue weighted by Crippen LogP contribution is 2.32. The molecule has 0 N–H and O–H groups in total. The smallest absolute Gasteiger partial charge is 0.176 e. The van der Waals surface area contributed by atoms with Gasteiger partial charge in [-0.2, -0.15) is 0 Å². The Morgan fingerprint density at radius 1 is 1.40 bits per heavy atom. The minimum atomic E-state index is -0.755. The Hall–Kier alpha value is 0.177. The first-order valence-electron chi connectivity index (χ1n) is 4.46. The van der Waals surface area contributed by atoms with Crippen LogP contribution in [0.3, 0.4) is 0 Å². The maximum atomic E-state index is 5.66. The van der Waals surface area contributed by atoms with Crippen LogP contribution >= 0.6 is 0 Å². The van der Waals surface area contributed by atoms with E-state index in [0.717, 1.165) is 12.1 Å². The number of hydrogen-bond donors (Lipinski definition) is 0. The first kappa shape index (κ1) is 8.28. The predicted octanol–water partition coefficient (Wildman–Crippen LogP) is 2.32. The number of rotatable bonds is 3. The molecule has 10 heavy (non-hydrogen) atoms. The fourth-order valence-corrected chi connectivity index (χ4v) is 4.03. The fraction of sp³-hybridized carbons (Fsp3) is 1.00. The lowest BCUT2D eigenvalue weighted by Crippen LogP contribution is -2.18. The highest BCUT2D eigenvalue weighted by Gasteiger charge is 2.22. The molecule has 1 saturated carbocycles. The average molecular weight is 158 g/mol. The van der Waals surface area contributed by atoms with E-state index in [1.165, 1.54) is 25.7 Å². The van der Waals surface area contributed by atoms with Crippen molar-refractivity contribution in [3.05, 3.63) is 0 Å². The van der Waals surface area contributed by atoms with Gasteiger partial charge in [-0.3, -0.25) is 0 Å². The molecular weight excluding hydrogens is 140 g/mol. The molecule has 1 fully saturated rings. The van der Waals surface area contributed by atoms with Gasteiger partial charge in [-0.1, -0.05) is 25.7 Å². The van der Waals surface area contributed by atoms with Gasteiger partial charge < -0.3 is 4.43 Å². The molecule has 1 aliphatic rings. The van der Waals surface area contributed by atoms with Gasteiger partial charge in [0, 0.05) is 6.61 Å². The molecule has 1 rings (SSSR count). The van der Waals surface area contributed by atoms with Gasteiger partial charge in [0.15, 0.2) is 9.04 Å². The maximum Gasteiger partial charge on any atom is 0.176 e.